The molecule has 1 atom stereocenters. The maximum atomic E-state index is 12.4. The zero-order chi connectivity index (χ0) is 15.9. The zero-order valence-electron chi connectivity index (χ0n) is 13.6. The van der Waals surface area contributed by atoms with Gasteiger partial charge in [-0.1, -0.05) is 43.5 Å². The first kappa shape index (κ1) is 16.2. The van der Waals surface area contributed by atoms with E-state index in [1.165, 1.54) is 0 Å². The first-order valence-electron chi connectivity index (χ1n) is 7.90. The van der Waals surface area contributed by atoms with Crippen LogP contribution in [0.4, 0.5) is 10.5 Å². The van der Waals surface area contributed by atoms with Gasteiger partial charge in [-0.05, 0) is 37.5 Å². The predicted octanol–water partition coefficient (Wildman–Crippen LogP) is 4.63. The third-order valence-electron chi connectivity index (χ3n) is 3.63. The molecule has 116 valence electrons. The van der Waals surface area contributed by atoms with Crippen molar-refractivity contribution >= 4 is 17.9 Å². The first-order valence-corrected chi connectivity index (χ1v) is 7.90. The van der Waals surface area contributed by atoms with E-state index in [0.29, 0.717) is 6.61 Å². The van der Waals surface area contributed by atoms with Crippen LogP contribution in [0, 0.1) is 11.8 Å². The van der Waals surface area contributed by atoms with Crippen LogP contribution < -0.4 is 4.90 Å². The van der Waals surface area contributed by atoms with Crippen LogP contribution in [0.1, 0.15) is 45.6 Å². The Balaban J connectivity index is 2.37. The number of hydrogen-bond donors (Lipinski definition) is 0. The Kier molecular flexibility index (Phi) is 5.66. The summed E-state index contributed by atoms with van der Waals surface area (Å²) in [6.45, 7) is 6.34. The van der Waals surface area contributed by atoms with Crippen molar-refractivity contribution in [2.75, 3.05) is 11.5 Å². The largest absolute Gasteiger partial charge is 0.449 e. The minimum absolute atomic E-state index is 0.245. The van der Waals surface area contributed by atoms with Gasteiger partial charge in [0.15, 0.2) is 0 Å². The minimum Gasteiger partial charge on any atom is -0.449 e. The van der Waals surface area contributed by atoms with Crippen molar-refractivity contribution in [3.8, 4) is 11.8 Å². The fourth-order valence-corrected chi connectivity index (χ4v) is 2.51. The van der Waals surface area contributed by atoms with Gasteiger partial charge in [0, 0.05) is 6.42 Å². The molecule has 3 heteroatoms. The van der Waals surface area contributed by atoms with E-state index in [9.17, 15) is 4.79 Å². The number of nitrogens with zero attached hydrogens (tertiary/aromatic N) is 1. The number of ether oxygens (including phenoxy) is 1. The van der Waals surface area contributed by atoms with Gasteiger partial charge in [0.2, 0.25) is 0 Å². The lowest BCUT2D eigenvalue weighted by Gasteiger charge is -2.33. The number of rotatable bonds is 3. The lowest BCUT2D eigenvalue weighted by atomic mass is 9.97. The van der Waals surface area contributed by atoms with E-state index in [0.717, 1.165) is 36.1 Å². The highest BCUT2D eigenvalue weighted by Gasteiger charge is 2.31. The third kappa shape index (κ3) is 3.51. The lowest BCUT2D eigenvalue weighted by molar-refractivity contribution is 0.159. The topological polar surface area (TPSA) is 29.5 Å². The van der Waals surface area contributed by atoms with E-state index in [2.05, 4.69) is 24.8 Å². The molecule has 1 aliphatic heterocycles. The molecule has 0 aromatic heterocycles. The summed E-state index contributed by atoms with van der Waals surface area (Å²) >= 11 is 0. The van der Waals surface area contributed by atoms with Crippen molar-refractivity contribution in [1.82, 2.24) is 0 Å². The van der Waals surface area contributed by atoms with Gasteiger partial charge in [0.1, 0.15) is 6.04 Å². The Morgan fingerprint density at radius 1 is 1.32 bits per heavy atom. The second kappa shape index (κ2) is 7.70. The Hall–Kier alpha value is -2.21. The fraction of sp³-hybridized carbons (Fsp3) is 0.421. The van der Waals surface area contributed by atoms with Gasteiger partial charge in [0.25, 0.3) is 0 Å². The molecule has 0 bridgehead atoms. The summed E-state index contributed by atoms with van der Waals surface area (Å²) in [7, 11) is 0. The molecule has 0 fully saturated rings. The van der Waals surface area contributed by atoms with Crippen molar-refractivity contribution in [3.05, 3.63) is 35.4 Å². The summed E-state index contributed by atoms with van der Waals surface area (Å²) in [4.78, 5) is 14.1. The Morgan fingerprint density at radius 3 is 2.82 bits per heavy atom. The summed E-state index contributed by atoms with van der Waals surface area (Å²) in [6.07, 6.45) is 4.83. The average Bonchev–Trinajstić information content (AvgIpc) is 2.51. The average molecular weight is 297 g/mol. The standard InChI is InChI=1S/C19H23NO2/c1-4-6-7-8-12-17-15(3)14-16-11-9-10-13-18(16)20(17)19(21)22-5-2/h9-11,13-14,17H,4-7H2,1-3H3. The number of carbonyl (C=O) groups is 1. The fourth-order valence-electron chi connectivity index (χ4n) is 2.51. The Bertz CT molecular complexity index is 622. The number of unbranched alkanes of at least 4 members (excludes halogenated alkanes) is 2. The molecule has 1 aromatic rings. The normalized spacial score (nSPS) is 16.2. The first-order chi connectivity index (χ1) is 10.7. The Morgan fingerprint density at radius 2 is 2.09 bits per heavy atom. The summed E-state index contributed by atoms with van der Waals surface area (Å²) in [6, 6.07) is 7.60. The summed E-state index contributed by atoms with van der Waals surface area (Å²) in [5.74, 6) is 6.45. The number of anilines is 1. The van der Waals surface area contributed by atoms with Gasteiger partial charge >= 0.3 is 6.09 Å². The lowest BCUT2D eigenvalue weighted by Crippen LogP contribution is -2.42. The molecular weight excluding hydrogens is 274 g/mol. The van der Waals surface area contributed by atoms with Crippen molar-refractivity contribution in [2.45, 2.75) is 46.1 Å². The number of benzene rings is 1. The van der Waals surface area contributed by atoms with Gasteiger partial charge in [-0.15, -0.1) is 5.92 Å². The van der Waals surface area contributed by atoms with E-state index in [1.54, 1.807) is 4.90 Å². The summed E-state index contributed by atoms with van der Waals surface area (Å²) < 4.78 is 5.24. The molecule has 0 spiro atoms. The smallest absolute Gasteiger partial charge is 0.415 e. The number of hydrogen-bond acceptors (Lipinski definition) is 2. The molecule has 0 N–H and O–H groups in total. The van der Waals surface area contributed by atoms with Crippen LogP contribution in [-0.4, -0.2) is 18.7 Å². The van der Waals surface area contributed by atoms with Gasteiger partial charge in [-0.3, -0.25) is 4.90 Å². The Labute approximate surface area is 133 Å². The molecule has 1 aliphatic rings. The second-order valence-corrected chi connectivity index (χ2v) is 5.34. The van der Waals surface area contributed by atoms with E-state index in [4.69, 9.17) is 4.74 Å². The third-order valence-corrected chi connectivity index (χ3v) is 3.63. The van der Waals surface area contributed by atoms with Crippen molar-refractivity contribution in [2.24, 2.45) is 0 Å². The molecule has 1 aromatic carbocycles. The van der Waals surface area contributed by atoms with Crippen molar-refractivity contribution in [3.63, 3.8) is 0 Å². The van der Waals surface area contributed by atoms with E-state index in [-0.39, 0.29) is 12.1 Å². The molecule has 2 rings (SSSR count). The van der Waals surface area contributed by atoms with Crippen LogP contribution in [0.2, 0.25) is 0 Å². The van der Waals surface area contributed by atoms with E-state index >= 15 is 0 Å². The molecule has 0 saturated carbocycles. The van der Waals surface area contributed by atoms with Crippen LogP contribution in [0.3, 0.4) is 0 Å². The summed E-state index contributed by atoms with van der Waals surface area (Å²) in [5, 5.41) is 0. The molecular formula is C19H23NO2. The van der Waals surface area contributed by atoms with Crippen molar-refractivity contribution < 1.29 is 9.53 Å². The molecule has 0 aliphatic carbocycles. The number of amides is 1. The highest BCUT2D eigenvalue weighted by molar-refractivity contribution is 5.95. The molecule has 1 unspecified atom stereocenters. The zero-order valence-corrected chi connectivity index (χ0v) is 13.6. The molecule has 22 heavy (non-hydrogen) atoms. The molecule has 1 heterocycles. The minimum atomic E-state index is -0.336. The van der Waals surface area contributed by atoms with Crippen LogP contribution in [0.5, 0.6) is 0 Å². The summed E-state index contributed by atoms with van der Waals surface area (Å²) in [5.41, 5.74) is 2.96. The number of carbonyl (C=O) groups excluding carboxylic acids is 1. The molecule has 0 saturated heterocycles. The van der Waals surface area contributed by atoms with Crippen LogP contribution in [-0.2, 0) is 4.74 Å². The maximum Gasteiger partial charge on any atom is 0.415 e. The van der Waals surface area contributed by atoms with E-state index in [1.807, 2.05) is 38.1 Å². The molecule has 3 nitrogen and oxygen atoms in total. The monoisotopic (exact) mass is 297 g/mol. The maximum absolute atomic E-state index is 12.4. The molecule has 1 amide bonds. The highest BCUT2D eigenvalue weighted by atomic mass is 16.6. The van der Waals surface area contributed by atoms with Crippen molar-refractivity contribution in [1.29, 1.82) is 0 Å². The SMILES string of the molecule is CCCCC#CC1C(C)=Cc2ccccc2N1C(=O)OCC. The van der Waals surface area contributed by atoms with Gasteiger partial charge in [-0.2, -0.15) is 0 Å². The number of para-hydroxylation sites is 1. The van der Waals surface area contributed by atoms with Crippen LogP contribution in [0.15, 0.2) is 29.8 Å². The quantitative estimate of drug-likeness (QED) is 0.601. The van der Waals surface area contributed by atoms with Gasteiger partial charge in [-0.25, -0.2) is 4.79 Å². The van der Waals surface area contributed by atoms with Gasteiger partial charge in [0.05, 0.1) is 12.3 Å². The van der Waals surface area contributed by atoms with Gasteiger partial charge < -0.3 is 4.74 Å². The number of fused-ring (bicyclic) bond motifs is 1. The molecule has 0 radical (unpaired) electrons. The predicted molar refractivity (Wildman–Crippen MR) is 90.7 cm³/mol. The van der Waals surface area contributed by atoms with E-state index < -0.39 is 0 Å². The second-order valence-electron chi connectivity index (χ2n) is 5.34. The highest BCUT2D eigenvalue weighted by Crippen LogP contribution is 2.32. The van der Waals surface area contributed by atoms with Crippen LogP contribution in [0.25, 0.3) is 6.08 Å². The van der Waals surface area contributed by atoms with Crippen LogP contribution >= 0.6 is 0 Å².